The first-order valence-corrected chi connectivity index (χ1v) is 19.2. The molecule has 1 aromatic heterocycles. The average Bonchev–Trinajstić information content (AvgIpc) is 3.20. The van der Waals surface area contributed by atoms with Crippen LogP contribution in [-0.4, -0.2) is 28.8 Å². The molecule has 11 heteroatoms. The van der Waals surface area contributed by atoms with Crippen molar-refractivity contribution >= 4 is 35.0 Å². The van der Waals surface area contributed by atoms with Crippen LogP contribution in [0.2, 0.25) is 0 Å². The van der Waals surface area contributed by atoms with E-state index >= 15 is 0 Å². The molecule has 4 aromatic carbocycles. The molecule has 5 aromatic rings. The Morgan fingerprint density at radius 2 is 1.54 bits per heavy atom. The molecule has 0 saturated carbocycles. The van der Waals surface area contributed by atoms with Crippen molar-refractivity contribution in [3.05, 3.63) is 149 Å². The number of amides is 2. The number of carbonyl (C=O) groups is 2. The van der Waals surface area contributed by atoms with Gasteiger partial charge in [0, 0.05) is 49.3 Å². The lowest BCUT2D eigenvalue weighted by molar-refractivity contribution is -0.645. The molecule has 2 amide bonds. The van der Waals surface area contributed by atoms with E-state index in [4.69, 9.17) is 15.2 Å². The van der Waals surface area contributed by atoms with E-state index in [0.29, 0.717) is 60.8 Å². The fourth-order valence-electron chi connectivity index (χ4n) is 6.31. The molecule has 54 heavy (non-hydrogen) atoms. The maximum Gasteiger partial charge on any atom is 0.251 e. The summed E-state index contributed by atoms with van der Waals surface area (Å²) in [5.74, 6) is 0.463. The van der Waals surface area contributed by atoms with Crippen molar-refractivity contribution in [2.24, 2.45) is 0 Å². The van der Waals surface area contributed by atoms with Gasteiger partial charge in [0.15, 0.2) is 12.5 Å². The molecule has 3 atom stereocenters. The largest absolute Gasteiger partial charge is 0.618 e. The molecule has 0 aliphatic carbocycles. The number of thioether (sulfide) groups is 1. The molecule has 2 heterocycles. The minimum Gasteiger partial charge on any atom is -0.618 e. The molecule has 1 saturated heterocycles. The molecule has 6 rings (SSSR count). The van der Waals surface area contributed by atoms with Gasteiger partial charge in [-0.3, -0.25) is 9.59 Å². The lowest BCUT2D eigenvalue weighted by Gasteiger charge is -2.36. The van der Waals surface area contributed by atoms with Gasteiger partial charge >= 0.3 is 0 Å². The van der Waals surface area contributed by atoms with Gasteiger partial charge in [-0.2, -0.15) is 4.73 Å². The van der Waals surface area contributed by atoms with Gasteiger partial charge in [0.1, 0.15) is 0 Å². The average molecular weight is 747 g/mol. The fourth-order valence-corrected chi connectivity index (χ4v) is 7.25. The highest BCUT2D eigenvalue weighted by Crippen LogP contribution is 2.40. The van der Waals surface area contributed by atoms with Crippen LogP contribution in [0.15, 0.2) is 126 Å². The third kappa shape index (κ3) is 10.9. The van der Waals surface area contributed by atoms with Gasteiger partial charge in [-0.25, -0.2) is 0 Å². The number of carbonyl (C=O) groups excluding carboxylic acids is 2. The van der Waals surface area contributed by atoms with Crippen molar-refractivity contribution in [2.45, 2.75) is 75.2 Å². The van der Waals surface area contributed by atoms with Crippen LogP contribution in [0, 0.1) is 5.21 Å². The van der Waals surface area contributed by atoms with Crippen LogP contribution in [0.3, 0.4) is 0 Å². The maximum atomic E-state index is 12.6. The summed E-state index contributed by atoms with van der Waals surface area (Å²) in [5.41, 5.74) is 12.7. The second kappa shape index (κ2) is 19.2. The zero-order chi connectivity index (χ0) is 37.7. The van der Waals surface area contributed by atoms with Crippen LogP contribution < -0.4 is 21.1 Å². The van der Waals surface area contributed by atoms with Crippen molar-refractivity contribution in [1.82, 2.24) is 5.32 Å². The summed E-state index contributed by atoms with van der Waals surface area (Å²) in [6.45, 7) is 0.377. The molecule has 0 unspecified atom stereocenters. The number of anilines is 2. The number of nitrogens with two attached hydrogens (primary N) is 1. The van der Waals surface area contributed by atoms with Crippen molar-refractivity contribution in [2.75, 3.05) is 16.8 Å². The lowest BCUT2D eigenvalue weighted by Crippen LogP contribution is -2.32. The molecule has 0 spiro atoms. The fraction of sp³-hybridized carbons (Fsp3) is 0.279. The highest BCUT2D eigenvalue weighted by atomic mass is 32.2. The van der Waals surface area contributed by atoms with Crippen molar-refractivity contribution < 1.29 is 28.9 Å². The van der Waals surface area contributed by atoms with Gasteiger partial charge in [0.25, 0.3) is 5.03 Å². The number of pyridine rings is 1. The number of benzene rings is 4. The smallest absolute Gasteiger partial charge is 0.251 e. The number of aromatic nitrogens is 1. The number of unbranched alkanes of at least 4 members (excludes halogenated alkanes) is 2. The van der Waals surface area contributed by atoms with E-state index in [0.717, 1.165) is 44.5 Å². The minimum absolute atomic E-state index is 0.0267. The SMILES string of the molecule is Nc1ccccc1NC(=O)CCCCCC(=O)NCc1cccc(-c2cccc([C@H]3O[C@@H](CSc4cccc[n+]4[O-])C[C@@H](c4ccc(CO)cc4)O3)c2)c1. The van der Waals surface area contributed by atoms with Crippen LogP contribution >= 0.6 is 11.8 Å². The minimum atomic E-state index is -0.638. The standard InChI is InChI=1S/C43H46N4O6S/c44-37-14-4-5-15-38(37)46-41(50)17-3-1-2-16-40(49)45-27-31-10-8-11-33(24-31)34-12-9-13-35(25-34)43-52-36(29-54-42-18-6-7-23-47(42)51)26-39(53-43)32-21-19-30(28-48)20-22-32/h4-15,18-25,36,39,43,48H,1-3,16-17,26-29,44H2,(H,45,49)(H,46,50)/t36-,39+,43+/m1/s1. The Labute approximate surface area is 320 Å². The van der Waals surface area contributed by atoms with E-state index < -0.39 is 6.29 Å². The summed E-state index contributed by atoms with van der Waals surface area (Å²) in [4.78, 5) is 24.9. The van der Waals surface area contributed by atoms with E-state index in [9.17, 15) is 19.9 Å². The first-order valence-electron chi connectivity index (χ1n) is 18.3. The van der Waals surface area contributed by atoms with Gasteiger partial charge < -0.3 is 36.2 Å². The molecule has 5 N–H and O–H groups in total. The van der Waals surface area contributed by atoms with Crippen LogP contribution in [0.5, 0.6) is 0 Å². The number of aliphatic hydroxyl groups excluding tert-OH is 1. The van der Waals surface area contributed by atoms with E-state index in [1.165, 1.54) is 18.0 Å². The number of nitrogens with zero attached hydrogens (tertiary/aromatic N) is 1. The number of hydrogen-bond acceptors (Lipinski definition) is 8. The molecule has 1 aliphatic rings. The monoisotopic (exact) mass is 746 g/mol. The number of aliphatic hydroxyl groups is 1. The predicted octanol–water partition coefficient (Wildman–Crippen LogP) is 7.60. The Balaban J connectivity index is 1.03. The molecular formula is C43H46N4O6S. The maximum absolute atomic E-state index is 12.6. The molecule has 0 radical (unpaired) electrons. The second-order valence-electron chi connectivity index (χ2n) is 13.3. The first-order chi connectivity index (χ1) is 26.3. The molecular weight excluding hydrogens is 701 g/mol. The van der Waals surface area contributed by atoms with Crippen molar-refractivity contribution in [1.29, 1.82) is 0 Å². The van der Waals surface area contributed by atoms with Crippen molar-refractivity contribution in [3.8, 4) is 11.1 Å². The van der Waals surface area contributed by atoms with E-state index in [-0.39, 0.29) is 30.6 Å². The summed E-state index contributed by atoms with van der Waals surface area (Å²) >= 11 is 1.46. The van der Waals surface area contributed by atoms with Gasteiger partial charge in [0.05, 0.1) is 30.2 Å². The summed E-state index contributed by atoms with van der Waals surface area (Å²) in [6, 6.07) is 36.5. The number of nitrogens with one attached hydrogen (secondary N) is 2. The van der Waals surface area contributed by atoms with Crippen LogP contribution in [0.4, 0.5) is 11.4 Å². The lowest BCUT2D eigenvalue weighted by atomic mass is 9.99. The third-order valence-electron chi connectivity index (χ3n) is 9.27. The van der Waals surface area contributed by atoms with Gasteiger partial charge in [-0.05, 0) is 71.0 Å². The second-order valence-corrected chi connectivity index (χ2v) is 14.4. The van der Waals surface area contributed by atoms with Crippen LogP contribution in [0.1, 0.15) is 73.2 Å². The Hall–Kier alpha value is -5.20. The zero-order valence-electron chi connectivity index (χ0n) is 30.1. The quantitative estimate of drug-likeness (QED) is 0.0265. The van der Waals surface area contributed by atoms with Crippen molar-refractivity contribution in [3.63, 3.8) is 0 Å². The van der Waals surface area contributed by atoms with E-state index in [1.807, 2.05) is 78.9 Å². The molecule has 10 nitrogen and oxygen atoms in total. The van der Waals surface area contributed by atoms with Gasteiger partial charge in [-0.1, -0.05) is 91.0 Å². The topological polar surface area (TPSA) is 150 Å². The normalized spacial score (nSPS) is 16.8. The number of rotatable bonds is 16. The van der Waals surface area contributed by atoms with Crippen LogP contribution in [-0.2, 0) is 32.2 Å². The number of ether oxygens (including phenoxy) is 2. The summed E-state index contributed by atoms with van der Waals surface area (Å²) in [5, 5.41) is 28.3. The molecule has 0 bridgehead atoms. The molecule has 280 valence electrons. The summed E-state index contributed by atoms with van der Waals surface area (Å²) in [6.07, 6.45) is 3.97. The van der Waals surface area contributed by atoms with Gasteiger partial charge in [0.2, 0.25) is 11.8 Å². The summed E-state index contributed by atoms with van der Waals surface area (Å²) in [7, 11) is 0. The Morgan fingerprint density at radius 1 is 0.796 bits per heavy atom. The van der Waals surface area contributed by atoms with Crippen LogP contribution in [0.25, 0.3) is 11.1 Å². The van der Waals surface area contributed by atoms with E-state index in [1.54, 1.807) is 24.3 Å². The van der Waals surface area contributed by atoms with Gasteiger partial charge in [-0.15, -0.1) is 0 Å². The molecule has 1 aliphatic heterocycles. The predicted molar refractivity (Wildman–Crippen MR) is 211 cm³/mol. The Bertz CT molecular complexity index is 2010. The Kier molecular flexibility index (Phi) is 13.7. The summed E-state index contributed by atoms with van der Waals surface area (Å²) < 4.78 is 14.0. The number of para-hydroxylation sites is 2. The zero-order valence-corrected chi connectivity index (χ0v) is 30.9. The number of hydrogen-bond donors (Lipinski definition) is 4. The third-order valence-corrected chi connectivity index (χ3v) is 10.4. The highest BCUT2D eigenvalue weighted by molar-refractivity contribution is 7.99. The molecule has 1 fully saturated rings. The highest BCUT2D eigenvalue weighted by Gasteiger charge is 2.33. The Morgan fingerprint density at radius 3 is 2.31 bits per heavy atom. The number of nitrogen functional groups attached to an aromatic ring is 1. The first kappa shape index (κ1) is 38.5. The van der Waals surface area contributed by atoms with E-state index in [2.05, 4.69) is 22.8 Å².